The molecule has 1 aliphatic rings. The summed E-state index contributed by atoms with van der Waals surface area (Å²) < 4.78 is 30.9. The Morgan fingerprint density at radius 3 is 2.53 bits per heavy atom. The second kappa shape index (κ2) is 7.59. The van der Waals surface area contributed by atoms with E-state index < -0.39 is 22.2 Å². The summed E-state index contributed by atoms with van der Waals surface area (Å²) in [4.78, 5) is 13.4. The van der Waals surface area contributed by atoms with Gasteiger partial charge in [-0.2, -0.15) is 8.42 Å². The number of aromatic nitrogens is 1. The van der Waals surface area contributed by atoms with Gasteiger partial charge in [0.1, 0.15) is 21.2 Å². The number of fused-ring (bicyclic) bond motifs is 2. The lowest BCUT2D eigenvalue weighted by atomic mass is 10.1. The Morgan fingerprint density at radius 1 is 1.06 bits per heavy atom. The van der Waals surface area contributed by atoms with Crippen molar-refractivity contribution in [3.63, 3.8) is 0 Å². The van der Waals surface area contributed by atoms with Crippen LogP contribution >= 0.6 is 11.3 Å². The highest BCUT2D eigenvalue weighted by Crippen LogP contribution is 2.38. The molecule has 0 saturated carbocycles. The van der Waals surface area contributed by atoms with Gasteiger partial charge < -0.3 is 20.1 Å². The Labute approximate surface area is 186 Å². The van der Waals surface area contributed by atoms with Crippen LogP contribution in [0.25, 0.3) is 10.9 Å². The minimum absolute atomic E-state index is 0.112. The lowest BCUT2D eigenvalue weighted by molar-refractivity contribution is 0.279. The highest BCUT2D eigenvalue weighted by Gasteiger charge is 2.33. The molecule has 2 aromatic carbocycles. The fourth-order valence-electron chi connectivity index (χ4n) is 3.79. The monoisotopic (exact) mass is 467 g/mol. The predicted molar refractivity (Wildman–Crippen MR) is 123 cm³/mol. The summed E-state index contributed by atoms with van der Waals surface area (Å²) in [5.74, 6) is -0.599. The van der Waals surface area contributed by atoms with E-state index in [9.17, 15) is 23.4 Å². The number of sulfonamides is 1. The van der Waals surface area contributed by atoms with Crippen molar-refractivity contribution < 1.29 is 18.6 Å². The Kier molecular flexibility index (Phi) is 4.85. The van der Waals surface area contributed by atoms with E-state index in [1.807, 2.05) is 30.3 Å². The van der Waals surface area contributed by atoms with Gasteiger partial charge in [-0.05, 0) is 23.1 Å². The van der Waals surface area contributed by atoms with Gasteiger partial charge in [-0.1, -0.05) is 42.5 Å². The number of hydrogen-bond donors (Lipinski definition) is 3. The third kappa shape index (κ3) is 3.20. The maximum Gasteiger partial charge on any atom is 0.287 e. The molecule has 5 rings (SSSR count). The first-order valence-corrected chi connectivity index (χ1v) is 11.9. The van der Waals surface area contributed by atoms with Crippen molar-refractivity contribution in [2.24, 2.45) is 4.40 Å². The minimum Gasteiger partial charge on any atom is -0.506 e. The molecule has 0 aliphatic carbocycles. The molecule has 1 aliphatic heterocycles. The zero-order chi connectivity index (χ0) is 22.5. The Bertz CT molecular complexity index is 1550. The van der Waals surface area contributed by atoms with Crippen LogP contribution < -0.4 is 10.9 Å². The summed E-state index contributed by atoms with van der Waals surface area (Å²) in [6.45, 7) is -0.227. The van der Waals surface area contributed by atoms with Gasteiger partial charge in [-0.25, -0.2) is 0 Å². The van der Waals surface area contributed by atoms with E-state index in [0.717, 1.165) is 16.9 Å². The van der Waals surface area contributed by atoms with Crippen LogP contribution in [0.5, 0.6) is 5.75 Å². The molecule has 0 fully saturated rings. The first kappa shape index (κ1) is 20.4. The van der Waals surface area contributed by atoms with Crippen LogP contribution in [0, 0.1) is 0 Å². The predicted octanol–water partition coefficient (Wildman–Crippen LogP) is 2.87. The van der Waals surface area contributed by atoms with Crippen LogP contribution in [0.1, 0.15) is 16.7 Å². The van der Waals surface area contributed by atoms with E-state index in [-0.39, 0.29) is 39.2 Å². The number of thiophene rings is 1. The van der Waals surface area contributed by atoms with E-state index in [0.29, 0.717) is 10.9 Å². The third-order valence-electron chi connectivity index (χ3n) is 5.25. The summed E-state index contributed by atoms with van der Waals surface area (Å²) in [6.07, 6.45) is 0. The molecule has 0 spiro atoms. The van der Waals surface area contributed by atoms with Gasteiger partial charge in [-0.15, -0.1) is 15.7 Å². The molecular formula is C22H17N3O5S2. The number of nitrogens with zero attached hydrogens (tertiary/aromatic N) is 2. The van der Waals surface area contributed by atoms with E-state index >= 15 is 0 Å². The van der Waals surface area contributed by atoms with Crippen LogP contribution in [-0.4, -0.2) is 29.0 Å². The molecule has 0 unspecified atom stereocenters. The summed E-state index contributed by atoms with van der Waals surface area (Å²) in [7, 11) is -4.18. The molecule has 0 atom stereocenters. The first-order valence-electron chi connectivity index (χ1n) is 9.62. The van der Waals surface area contributed by atoms with Crippen molar-refractivity contribution in [2.45, 2.75) is 18.0 Å². The Balaban J connectivity index is 1.75. The van der Waals surface area contributed by atoms with Crippen molar-refractivity contribution in [3.05, 3.63) is 87.0 Å². The van der Waals surface area contributed by atoms with Gasteiger partial charge in [0.25, 0.3) is 15.6 Å². The van der Waals surface area contributed by atoms with Gasteiger partial charge in [-0.3, -0.25) is 4.79 Å². The lowest BCUT2D eigenvalue weighted by Gasteiger charge is -2.19. The van der Waals surface area contributed by atoms with Gasteiger partial charge >= 0.3 is 0 Å². The topological polar surface area (TPSA) is 121 Å². The van der Waals surface area contributed by atoms with Gasteiger partial charge in [0.15, 0.2) is 5.84 Å². The molecule has 0 amide bonds. The fourth-order valence-corrected chi connectivity index (χ4v) is 6.38. The van der Waals surface area contributed by atoms with Crippen molar-refractivity contribution in [1.82, 2.24) is 4.57 Å². The SMILES string of the molecule is O=c1c(C2=NS(=O)(=O)c3c(CO)csc3N2)c(O)c2ccccc2n1Cc1ccccc1. The van der Waals surface area contributed by atoms with Crippen molar-refractivity contribution >= 4 is 43.1 Å². The fraction of sp³-hybridized carbons (Fsp3) is 0.0909. The van der Waals surface area contributed by atoms with Crippen molar-refractivity contribution in [2.75, 3.05) is 5.32 Å². The number of anilines is 1. The second-order valence-electron chi connectivity index (χ2n) is 7.23. The average Bonchev–Trinajstić information content (AvgIpc) is 3.21. The summed E-state index contributed by atoms with van der Waals surface area (Å²) in [5, 5.41) is 25.4. The summed E-state index contributed by atoms with van der Waals surface area (Å²) in [5.41, 5.74) is 0.808. The number of amidine groups is 1. The molecule has 4 aromatic rings. The summed E-state index contributed by atoms with van der Waals surface area (Å²) >= 11 is 1.08. The highest BCUT2D eigenvalue weighted by atomic mass is 32.2. The van der Waals surface area contributed by atoms with Crippen LogP contribution in [0.15, 0.2) is 74.1 Å². The number of aliphatic hydroxyl groups is 1. The normalized spacial score (nSPS) is 14.6. The van der Waals surface area contributed by atoms with E-state index in [4.69, 9.17) is 0 Å². The zero-order valence-electron chi connectivity index (χ0n) is 16.5. The Hall–Kier alpha value is -3.47. The van der Waals surface area contributed by atoms with Gasteiger partial charge in [0, 0.05) is 10.9 Å². The smallest absolute Gasteiger partial charge is 0.287 e. The molecule has 2 aromatic heterocycles. The maximum atomic E-state index is 13.5. The lowest BCUT2D eigenvalue weighted by Crippen LogP contribution is -2.32. The largest absolute Gasteiger partial charge is 0.506 e. The van der Waals surface area contributed by atoms with Gasteiger partial charge in [0.05, 0.1) is 18.7 Å². The third-order valence-corrected chi connectivity index (χ3v) is 7.73. The Morgan fingerprint density at radius 2 is 1.78 bits per heavy atom. The van der Waals surface area contributed by atoms with E-state index in [2.05, 4.69) is 9.71 Å². The number of aromatic hydroxyl groups is 1. The summed E-state index contributed by atoms with van der Waals surface area (Å²) in [6, 6.07) is 16.2. The molecule has 0 radical (unpaired) electrons. The average molecular weight is 468 g/mol. The number of pyridine rings is 1. The minimum atomic E-state index is -4.18. The molecule has 0 bridgehead atoms. The molecular weight excluding hydrogens is 450 g/mol. The number of nitrogens with one attached hydrogen (secondary N) is 1. The van der Waals surface area contributed by atoms with Crippen LogP contribution in [0.4, 0.5) is 5.00 Å². The number of aliphatic hydroxyl groups excluding tert-OH is 1. The second-order valence-corrected chi connectivity index (χ2v) is 9.66. The number of hydrogen-bond acceptors (Lipinski definition) is 7. The van der Waals surface area contributed by atoms with Crippen LogP contribution in [0.2, 0.25) is 0 Å². The number of rotatable bonds is 4. The molecule has 162 valence electrons. The molecule has 0 saturated heterocycles. The van der Waals surface area contributed by atoms with Crippen LogP contribution in [-0.2, 0) is 23.2 Å². The molecule has 10 heteroatoms. The van der Waals surface area contributed by atoms with Crippen molar-refractivity contribution in [1.29, 1.82) is 0 Å². The standard InChI is InChI=1S/C22H17N3O5S2/c26-11-14-12-31-21-19(14)32(29,30)24-20(23-21)17-18(27)15-8-4-5-9-16(15)25(22(17)28)10-13-6-2-1-3-7-13/h1-9,12,26-27H,10-11H2,(H,23,24). The maximum absolute atomic E-state index is 13.5. The number of benzene rings is 2. The molecule has 3 N–H and O–H groups in total. The van der Waals surface area contributed by atoms with Gasteiger partial charge in [0.2, 0.25) is 0 Å². The quantitative estimate of drug-likeness (QED) is 0.424. The molecule has 8 nitrogen and oxygen atoms in total. The van der Waals surface area contributed by atoms with Crippen LogP contribution in [0.3, 0.4) is 0 Å². The first-order chi connectivity index (χ1) is 15.4. The zero-order valence-corrected chi connectivity index (χ0v) is 18.2. The van der Waals surface area contributed by atoms with E-state index in [1.165, 1.54) is 9.95 Å². The molecule has 32 heavy (non-hydrogen) atoms. The van der Waals surface area contributed by atoms with Crippen molar-refractivity contribution in [3.8, 4) is 5.75 Å². The molecule has 3 heterocycles. The van der Waals surface area contributed by atoms with E-state index in [1.54, 1.807) is 24.3 Å². The highest BCUT2D eigenvalue weighted by molar-refractivity contribution is 7.90. The number of para-hydroxylation sites is 1.